The zero-order valence-corrected chi connectivity index (χ0v) is 16.3. The van der Waals surface area contributed by atoms with Gasteiger partial charge >= 0.3 is 5.97 Å². The number of Topliss-reactive ketones (excluding diaryl/α,β-unsaturated/α-hetero) is 1. The molecule has 0 aromatic rings. The molecule has 0 saturated heterocycles. The fourth-order valence-electron chi connectivity index (χ4n) is 3.31. The first-order valence-corrected chi connectivity index (χ1v) is 9.79. The van der Waals surface area contributed by atoms with Gasteiger partial charge in [0.2, 0.25) is 0 Å². The molecule has 0 amide bonds. The molecule has 1 rings (SSSR count). The van der Waals surface area contributed by atoms with Crippen LogP contribution in [-0.4, -0.2) is 39.3 Å². The van der Waals surface area contributed by atoms with Gasteiger partial charge in [0.05, 0.1) is 12.2 Å². The molecule has 0 aromatic carbocycles. The molecule has 150 valence electrons. The number of aliphatic carboxylic acids is 1. The Hall–Kier alpha value is -1.90. The summed E-state index contributed by atoms with van der Waals surface area (Å²) in [4.78, 5) is 22.6. The van der Waals surface area contributed by atoms with Gasteiger partial charge < -0.3 is 15.3 Å². The fourth-order valence-corrected chi connectivity index (χ4v) is 3.31. The molecule has 1 aliphatic rings. The van der Waals surface area contributed by atoms with Crippen LogP contribution in [-0.2, 0) is 9.59 Å². The van der Waals surface area contributed by atoms with Gasteiger partial charge in [0, 0.05) is 37.2 Å². The molecule has 0 spiro atoms. The Morgan fingerprint density at radius 3 is 2.74 bits per heavy atom. The van der Waals surface area contributed by atoms with Crippen molar-refractivity contribution in [1.29, 1.82) is 0 Å². The van der Waals surface area contributed by atoms with E-state index >= 15 is 0 Å². The summed E-state index contributed by atoms with van der Waals surface area (Å²) in [6, 6.07) is 0. The van der Waals surface area contributed by atoms with E-state index in [4.69, 9.17) is 5.11 Å². The lowest BCUT2D eigenvalue weighted by molar-refractivity contribution is -0.131. The lowest BCUT2D eigenvalue weighted by atomic mass is 9.88. The van der Waals surface area contributed by atoms with Gasteiger partial charge in [0.25, 0.3) is 0 Å². The minimum atomic E-state index is -0.956. The maximum atomic E-state index is 12.2. The zero-order chi connectivity index (χ0) is 20.2. The molecule has 1 aliphatic carbocycles. The number of hydrogen-bond acceptors (Lipinski definition) is 4. The van der Waals surface area contributed by atoms with Crippen molar-refractivity contribution in [2.75, 3.05) is 0 Å². The molecule has 5 nitrogen and oxygen atoms in total. The number of rotatable bonds is 10. The summed E-state index contributed by atoms with van der Waals surface area (Å²) in [5, 5.41) is 29.0. The van der Waals surface area contributed by atoms with Crippen molar-refractivity contribution in [2.24, 2.45) is 17.8 Å². The lowest BCUT2D eigenvalue weighted by Crippen LogP contribution is -2.20. The molecule has 5 atom stereocenters. The minimum absolute atomic E-state index is 0.00554. The number of aliphatic hydroxyl groups is 2. The van der Waals surface area contributed by atoms with Gasteiger partial charge in [-0.25, -0.2) is 4.79 Å². The van der Waals surface area contributed by atoms with Crippen molar-refractivity contribution in [1.82, 2.24) is 0 Å². The molecule has 0 heterocycles. The van der Waals surface area contributed by atoms with Gasteiger partial charge in [0.15, 0.2) is 0 Å². The second-order valence-electron chi connectivity index (χ2n) is 7.21. The Kier molecular flexibility index (Phi) is 10.7. The maximum Gasteiger partial charge on any atom is 0.327 e. The highest BCUT2D eigenvalue weighted by Gasteiger charge is 2.39. The van der Waals surface area contributed by atoms with Crippen molar-refractivity contribution >= 4 is 11.8 Å². The topological polar surface area (TPSA) is 94.8 Å². The zero-order valence-electron chi connectivity index (χ0n) is 16.3. The monoisotopic (exact) mass is 376 g/mol. The van der Waals surface area contributed by atoms with Crippen LogP contribution in [0.15, 0.2) is 24.3 Å². The van der Waals surface area contributed by atoms with Crippen molar-refractivity contribution < 1.29 is 24.9 Å². The van der Waals surface area contributed by atoms with Crippen LogP contribution in [0.25, 0.3) is 0 Å². The Morgan fingerprint density at radius 1 is 1.33 bits per heavy atom. The standard InChI is InChI=1S/C22H32O5/c1-3-4-7-10-16(2)19(23)14-13-18-17(20(24)15-21(18)25)11-8-5-6-9-12-22(26)27/h9,12-14,16-19,21,23,25H,3,5-6,8,10-11,15H2,1-2H3,(H,26,27)/b12-9+,14-13+/t16-,17+,18+,19+,21+/m0/s1. The highest BCUT2D eigenvalue weighted by atomic mass is 16.4. The van der Waals surface area contributed by atoms with Crippen molar-refractivity contribution in [3.05, 3.63) is 24.3 Å². The summed E-state index contributed by atoms with van der Waals surface area (Å²) in [7, 11) is 0. The van der Waals surface area contributed by atoms with Crippen molar-refractivity contribution in [3.8, 4) is 11.8 Å². The number of allylic oxidation sites excluding steroid dienone is 1. The number of aliphatic hydroxyl groups excluding tert-OH is 2. The van der Waals surface area contributed by atoms with Crippen LogP contribution >= 0.6 is 0 Å². The van der Waals surface area contributed by atoms with E-state index < -0.39 is 18.2 Å². The molecule has 27 heavy (non-hydrogen) atoms. The first kappa shape index (κ1) is 23.1. The molecule has 5 heteroatoms. The summed E-state index contributed by atoms with van der Waals surface area (Å²) >= 11 is 0. The average molecular weight is 376 g/mol. The highest BCUT2D eigenvalue weighted by Crippen LogP contribution is 2.34. The van der Waals surface area contributed by atoms with Gasteiger partial charge in [-0.2, -0.15) is 0 Å². The van der Waals surface area contributed by atoms with E-state index in [9.17, 15) is 19.8 Å². The summed E-state index contributed by atoms with van der Waals surface area (Å²) in [6.07, 6.45) is 9.35. The van der Waals surface area contributed by atoms with E-state index in [2.05, 4.69) is 11.8 Å². The van der Waals surface area contributed by atoms with E-state index in [1.54, 1.807) is 18.2 Å². The van der Waals surface area contributed by atoms with Crippen molar-refractivity contribution in [3.63, 3.8) is 0 Å². The molecular weight excluding hydrogens is 344 g/mol. The molecule has 0 aromatic heterocycles. The predicted molar refractivity (Wildman–Crippen MR) is 105 cm³/mol. The van der Waals surface area contributed by atoms with Crippen LogP contribution < -0.4 is 0 Å². The third-order valence-corrected chi connectivity index (χ3v) is 4.97. The van der Waals surface area contributed by atoms with Crippen LogP contribution in [0.3, 0.4) is 0 Å². The van der Waals surface area contributed by atoms with Crippen LogP contribution in [0.1, 0.15) is 58.8 Å². The molecular formula is C22H32O5. The molecule has 3 N–H and O–H groups in total. The molecule has 0 radical (unpaired) electrons. The summed E-state index contributed by atoms with van der Waals surface area (Å²) in [5.41, 5.74) is 0. The van der Waals surface area contributed by atoms with Crippen LogP contribution in [0.4, 0.5) is 0 Å². The smallest absolute Gasteiger partial charge is 0.327 e. The lowest BCUT2D eigenvalue weighted by Gasteiger charge is -2.19. The number of carboxylic acids is 1. The van der Waals surface area contributed by atoms with Crippen molar-refractivity contribution in [2.45, 2.75) is 71.0 Å². The number of ketones is 1. The molecule has 0 bridgehead atoms. The van der Waals surface area contributed by atoms with E-state index in [-0.39, 0.29) is 30.0 Å². The number of carbonyl (C=O) groups excluding carboxylic acids is 1. The maximum absolute atomic E-state index is 12.2. The van der Waals surface area contributed by atoms with Gasteiger partial charge in [-0.05, 0) is 25.2 Å². The number of hydrogen-bond donors (Lipinski definition) is 3. The Morgan fingerprint density at radius 2 is 2.07 bits per heavy atom. The summed E-state index contributed by atoms with van der Waals surface area (Å²) in [5.74, 6) is 4.62. The predicted octanol–water partition coefficient (Wildman–Crippen LogP) is 3.11. The highest BCUT2D eigenvalue weighted by molar-refractivity contribution is 5.84. The molecule has 1 fully saturated rings. The quantitative estimate of drug-likeness (QED) is 0.236. The molecule has 1 saturated carbocycles. The second-order valence-corrected chi connectivity index (χ2v) is 7.21. The van der Waals surface area contributed by atoms with Crippen LogP contribution in [0.5, 0.6) is 0 Å². The third kappa shape index (κ3) is 8.55. The van der Waals surface area contributed by atoms with Gasteiger partial charge in [0.1, 0.15) is 5.78 Å². The Labute approximate surface area is 162 Å². The van der Waals surface area contributed by atoms with E-state index in [1.165, 1.54) is 0 Å². The van der Waals surface area contributed by atoms with E-state index in [0.717, 1.165) is 25.3 Å². The minimum Gasteiger partial charge on any atom is -0.478 e. The number of carbonyl (C=O) groups is 2. The van der Waals surface area contributed by atoms with Crippen LogP contribution in [0.2, 0.25) is 0 Å². The summed E-state index contributed by atoms with van der Waals surface area (Å²) < 4.78 is 0. The molecule has 0 aliphatic heterocycles. The molecule has 0 unspecified atom stereocenters. The first-order chi connectivity index (χ1) is 12.9. The van der Waals surface area contributed by atoms with Crippen LogP contribution in [0, 0.1) is 29.6 Å². The number of carboxylic acid groups (broad SMARTS) is 1. The Balaban J connectivity index is 2.54. The SMILES string of the molecule is CCC#CC[C@H](C)[C@H](O)/C=C/[C@H]1[C@H](O)CC(=O)[C@@H]1CCCC/C=C/C(=O)O. The van der Waals surface area contributed by atoms with Gasteiger partial charge in [-0.3, -0.25) is 4.79 Å². The van der Waals surface area contributed by atoms with Gasteiger partial charge in [-0.1, -0.05) is 38.5 Å². The largest absolute Gasteiger partial charge is 0.478 e. The first-order valence-electron chi connectivity index (χ1n) is 9.79. The summed E-state index contributed by atoms with van der Waals surface area (Å²) in [6.45, 7) is 3.91. The Bertz CT molecular complexity index is 596. The normalized spacial score (nSPS) is 24.9. The average Bonchev–Trinajstić information content (AvgIpc) is 2.88. The van der Waals surface area contributed by atoms with E-state index in [1.807, 2.05) is 13.8 Å². The second kappa shape index (κ2) is 12.5. The van der Waals surface area contributed by atoms with Gasteiger partial charge in [-0.15, -0.1) is 11.8 Å². The van der Waals surface area contributed by atoms with E-state index in [0.29, 0.717) is 19.3 Å². The fraction of sp³-hybridized carbons (Fsp3) is 0.636. The number of unbranched alkanes of at least 4 members (excludes halogenated alkanes) is 2. The third-order valence-electron chi connectivity index (χ3n) is 4.97.